The number of primary amides is 1. The molecule has 0 saturated carbocycles. The maximum Gasteiger partial charge on any atom is 0.326 e. The molecule has 0 aliphatic carbocycles. The molecule has 3 rings (SSSR count). The largest absolute Gasteiger partial charge is 0.480 e. The Balaban J connectivity index is 1.74. The van der Waals surface area contributed by atoms with E-state index in [9.17, 15) is 29.1 Å². The summed E-state index contributed by atoms with van der Waals surface area (Å²) in [7, 11) is 0. The monoisotopic (exact) mass is 473 g/mol. The van der Waals surface area contributed by atoms with E-state index in [1.54, 1.807) is 29.2 Å². The first kappa shape index (κ1) is 25.2. The van der Waals surface area contributed by atoms with Crippen molar-refractivity contribution >= 4 is 29.6 Å². The van der Waals surface area contributed by atoms with E-state index in [2.05, 4.69) is 16.0 Å². The van der Waals surface area contributed by atoms with Gasteiger partial charge in [-0.25, -0.2) is 4.79 Å². The third-order valence-electron chi connectivity index (χ3n) is 6.13. The number of hydrogen-bond acceptors (Lipinski definition) is 6. The number of nitrogens with one attached hydrogen (secondary N) is 3. The molecule has 0 bridgehead atoms. The first-order chi connectivity index (χ1) is 16.3. The minimum Gasteiger partial charge on any atom is -0.480 e. The van der Waals surface area contributed by atoms with Crippen LogP contribution < -0.4 is 21.7 Å². The van der Waals surface area contributed by atoms with Crippen LogP contribution in [0.4, 0.5) is 0 Å². The molecule has 4 amide bonds. The summed E-state index contributed by atoms with van der Waals surface area (Å²) >= 11 is 0. The van der Waals surface area contributed by atoms with E-state index in [1.165, 1.54) is 0 Å². The predicted molar refractivity (Wildman–Crippen MR) is 121 cm³/mol. The summed E-state index contributed by atoms with van der Waals surface area (Å²) in [5, 5.41) is 17.5. The Labute approximate surface area is 197 Å². The van der Waals surface area contributed by atoms with E-state index >= 15 is 0 Å². The molecule has 11 heteroatoms. The lowest BCUT2D eigenvalue weighted by Crippen LogP contribution is -2.57. The lowest BCUT2D eigenvalue weighted by molar-refractivity contribution is -0.144. The number of aliphatic carboxylic acids is 1. The van der Waals surface area contributed by atoms with Crippen LogP contribution in [-0.4, -0.2) is 76.9 Å². The second-order valence-corrected chi connectivity index (χ2v) is 8.66. The quantitative estimate of drug-likeness (QED) is 0.287. The molecule has 4 atom stereocenters. The second-order valence-electron chi connectivity index (χ2n) is 8.66. The van der Waals surface area contributed by atoms with Crippen molar-refractivity contribution in [2.24, 2.45) is 5.73 Å². The third kappa shape index (κ3) is 6.53. The van der Waals surface area contributed by atoms with Gasteiger partial charge in [0.1, 0.15) is 18.1 Å². The highest BCUT2D eigenvalue weighted by molar-refractivity contribution is 5.95. The molecular formula is C23H31N5O6. The molecule has 2 fully saturated rings. The Kier molecular flexibility index (Phi) is 8.58. The van der Waals surface area contributed by atoms with Gasteiger partial charge < -0.3 is 31.7 Å². The van der Waals surface area contributed by atoms with Crippen LogP contribution in [-0.2, 0) is 30.4 Å². The zero-order valence-electron chi connectivity index (χ0n) is 18.9. The molecule has 11 nitrogen and oxygen atoms in total. The number of carboxylic acid groups (broad SMARTS) is 1. The van der Waals surface area contributed by atoms with Gasteiger partial charge in [-0.2, -0.15) is 0 Å². The number of rotatable bonds is 10. The van der Waals surface area contributed by atoms with Crippen LogP contribution in [0.2, 0.25) is 0 Å². The number of hydrogen-bond donors (Lipinski definition) is 5. The summed E-state index contributed by atoms with van der Waals surface area (Å²) in [5.74, 6) is -3.63. The van der Waals surface area contributed by atoms with Crippen molar-refractivity contribution < 1.29 is 29.1 Å². The molecular weight excluding hydrogens is 442 g/mol. The molecule has 0 radical (unpaired) electrons. The van der Waals surface area contributed by atoms with Crippen LogP contribution in [0.3, 0.4) is 0 Å². The van der Waals surface area contributed by atoms with Crippen molar-refractivity contribution in [1.29, 1.82) is 0 Å². The Morgan fingerprint density at radius 2 is 1.79 bits per heavy atom. The molecule has 34 heavy (non-hydrogen) atoms. The fourth-order valence-electron chi connectivity index (χ4n) is 4.40. The molecule has 0 aromatic heterocycles. The minimum atomic E-state index is -1.52. The molecule has 4 unspecified atom stereocenters. The molecule has 1 aromatic rings. The highest BCUT2D eigenvalue weighted by atomic mass is 16.4. The normalized spacial score (nSPS) is 21.5. The Morgan fingerprint density at radius 3 is 2.41 bits per heavy atom. The van der Waals surface area contributed by atoms with Crippen LogP contribution in [0, 0.1) is 0 Å². The molecule has 1 aromatic carbocycles. The summed E-state index contributed by atoms with van der Waals surface area (Å²) < 4.78 is 0. The fraction of sp³-hybridized carbons (Fsp3) is 0.522. The van der Waals surface area contributed by atoms with E-state index in [4.69, 9.17) is 5.73 Å². The van der Waals surface area contributed by atoms with E-state index in [1.807, 2.05) is 6.07 Å². The molecule has 0 spiro atoms. The van der Waals surface area contributed by atoms with Crippen molar-refractivity contribution in [2.45, 2.75) is 62.7 Å². The van der Waals surface area contributed by atoms with Gasteiger partial charge in [0, 0.05) is 13.0 Å². The zero-order chi connectivity index (χ0) is 24.7. The van der Waals surface area contributed by atoms with Crippen LogP contribution in [0.5, 0.6) is 0 Å². The van der Waals surface area contributed by atoms with Gasteiger partial charge in [-0.15, -0.1) is 0 Å². The van der Waals surface area contributed by atoms with E-state index in [0.29, 0.717) is 19.4 Å². The maximum atomic E-state index is 13.2. The molecule has 2 saturated heterocycles. The van der Waals surface area contributed by atoms with E-state index in [-0.39, 0.29) is 18.4 Å². The first-order valence-corrected chi connectivity index (χ1v) is 11.5. The summed E-state index contributed by atoms with van der Waals surface area (Å²) in [6.07, 6.45) is 2.29. The maximum absolute atomic E-state index is 13.2. The first-order valence-electron chi connectivity index (χ1n) is 11.5. The summed E-state index contributed by atoms with van der Waals surface area (Å²) in [6, 6.07) is 5.30. The van der Waals surface area contributed by atoms with Gasteiger partial charge >= 0.3 is 5.97 Å². The predicted octanol–water partition coefficient (Wildman–Crippen LogP) is -1.10. The van der Waals surface area contributed by atoms with E-state index < -0.39 is 48.2 Å². The highest BCUT2D eigenvalue weighted by Gasteiger charge is 2.39. The lowest BCUT2D eigenvalue weighted by atomic mass is 10.0. The number of benzene rings is 1. The van der Waals surface area contributed by atoms with Crippen molar-refractivity contribution in [3.8, 4) is 0 Å². The van der Waals surface area contributed by atoms with Crippen molar-refractivity contribution in [1.82, 2.24) is 20.9 Å². The average molecular weight is 474 g/mol. The topological polar surface area (TPSA) is 171 Å². The third-order valence-corrected chi connectivity index (χ3v) is 6.13. The number of carboxylic acids is 1. The van der Waals surface area contributed by atoms with Gasteiger partial charge in [-0.05, 0) is 37.8 Å². The highest BCUT2D eigenvalue weighted by Crippen LogP contribution is 2.21. The lowest BCUT2D eigenvalue weighted by Gasteiger charge is -2.28. The molecule has 2 aliphatic heterocycles. The number of nitrogens with zero attached hydrogens (tertiary/aromatic N) is 1. The van der Waals surface area contributed by atoms with Crippen molar-refractivity contribution in [3.63, 3.8) is 0 Å². The van der Waals surface area contributed by atoms with Crippen LogP contribution in [0.25, 0.3) is 0 Å². The average Bonchev–Trinajstić information content (AvgIpc) is 3.50. The number of carbonyl (C=O) groups is 5. The SMILES string of the molecule is NC(=O)CC(NC(=O)C(Cc1ccccc1)NC(=O)C1CCCN1C(=O)C1CCCN1)C(=O)O. The zero-order valence-corrected chi connectivity index (χ0v) is 18.9. The van der Waals surface area contributed by atoms with Gasteiger partial charge in [-0.3, -0.25) is 19.2 Å². The number of likely N-dealkylation sites (tertiary alicyclic amines) is 1. The van der Waals surface area contributed by atoms with Crippen LogP contribution in [0.15, 0.2) is 30.3 Å². The Hall–Kier alpha value is -3.47. The van der Waals surface area contributed by atoms with Crippen LogP contribution >= 0.6 is 0 Å². The van der Waals surface area contributed by atoms with Crippen molar-refractivity contribution in [3.05, 3.63) is 35.9 Å². The standard InChI is InChI=1S/C23H31N5O6/c24-19(29)13-17(23(33)34)27-20(30)16(12-14-6-2-1-3-7-14)26-21(31)18-9-5-11-28(18)22(32)15-8-4-10-25-15/h1-3,6-7,15-18,25H,4-5,8-13H2,(H2,24,29)(H,26,31)(H,27,30)(H,33,34). The van der Waals surface area contributed by atoms with Gasteiger partial charge in [0.2, 0.25) is 23.6 Å². The van der Waals surface area contributed by atoms with Gasteiger partial charge in [-0.1, -0.05) is 30.3 Å². The number of nitrogens with two attached hydrogens (primary N) is 1. The van der Waals surface area contributed by atoms with E-state index in [0.717, 1.165) is 24.9 Å². The van der Waals surface area contributed by atoms with Gasteiger partial charge in [0.15, 0.2) is 0 Å². The Morgan fingerprint density at radius 1 is 1.06 bits per heavy atom. The summed E-state index contributed by atoms with van der Waals surface area (Å²) in [6.45, 7) is 1.22. The second kappa shape index (κ2) is 11.6. The fourth-order valence-corrected chi connectivity index (χ4v) is 4.40. The summed E-state index contributed by atoms with van der Waals surface area (Å²) in [4.78, 5) is 63.3. The number of amides is 4. The van der Waals surface area contributed by atoms with Gasteiger partial charge in [0.25, 0.3) is 0 Å². The molecule has 184 valence electrons. The molecule has 2 heterocycles. The Bertz CT molecular complexity index is 918. The minimum absolute atomic E-state index is 0.103. The molecule has 6 N–H and O–H groups in total. The molecule has 2 aliphatic rings. The van der Waals surface area contributed by atoms with Crippen LogP contribution in [0.1, 0.15) is 37.7 Å². The summed E-state index contributed by atoms with van der Waals surface area (Å²) in [5.41, 5.74) is 5.85. The smallest absolute Gasteiger partial charge is 0.326 e. The van der Waals surface area contributed by atoms with Crippen molar-refractivity contribution in [2.75, 3.05) is 13.1 Å². The van der Waals surface area contributed by atoms with Gasteiger partial charge in [0.05, 0.1) is 12.5 Å². The number of carbonyl (C=O) groups excluding carboxylic acids is 4.